The molecule has 0 saturated carbocycles. The fourth-order valence-corrected chi connectivity index (χ4v) is 4.33. The molecule has 148 valence electrons. The molecular formula is C26H20O3S. The van der Waals surface area contributed by atoms with Crippen LogP contribution in [0, 0.1) is 0 Å². The van der Waals surface area contributed by atoms with Crippen LogP contribution < -0.4 is 4.18 Å². The highest BCUT2D eigenvalue weighted by Crippen LogP contribution is 2.31. The van der Waals surface area contributed by atoms with Gasteiger partial charge in [0.2, 0.25) is 0 Å². The fourth-order valence-electron chi connectivity index (χ4n) is 3.15. The largest absolute Gasteiger partial charge is 0.378 e. The molecule has 0 unspecified atom stereocenters. The van der Waals surface area contributed by atoms with E-state index in [1.807, 2.05) is 91.0 Å². The maximum absolute atomic E-state index is 13.2. The van der Waals surface area contributed by atoms with E-state index in [4.69, 9.17) is 4.18 Å². The van der Waals surface area contributed by atoms with Crippen molar-refractivity contribution in [2.24, 2.45) is 0 Å². The molecule has 0 spiro atoms. The summed E-state index contributed by atoms with van der Waals surface area (Å²) in [6.07, 6.45) is 3.77. The lowest BCUT2D eigenvalue weighted by Gasteiger charge is -2.13. The van der Waals surface area contributed by atoms with Gasteiger partial charge in [-0.2, -0.15) is 8.42 Å². The molecule has 0 saturated heterocycles. The second-order valence-electron chi connectivity index (χ2n) is 6.68. The van der Waals surface area contributed by atoms with E-state index in [1.165, 1.54) is 0 Å². The Morgan fingerprint density at radius 3 is 1.97 bits per heavy atom. The summed E-state index contributed by atoms with van der Waals surface area (Å²) in [5.41, 5.74) is 3.12. The second-order valence-corrected chi connectivity index (χ2v) is 8.20. The molecule has 0 radical (unpaired) electrons. The van der Waals surface area contributed by atoms with Gasteiger partial charge in [0.15, 0.2) is 0 Å². The maximum atomic E-state index is 13.2. The van der Waals surface area contributed by atoms with Crippen molar-refractivity contribution in [3.8, 4) is 16.9 Å². The lowest BCUT2D eigenvalue weighted by atomic mass is 10.1. The molecule has 0 fully saturated rings. The third-order valence-electron chi connectivity index (χ3n) is 4.61. The van der Waals surface area contributed by atoms with Crippen molar-refractivity contribution >= 4 is 22.3 Å². The first kappa shape index (κ1) is 19.7. The number of benzene rings is 4. The Hall–Kier alpha value is -3.63. The molecule has 30 heavy (non-hydrogen) atoms. The van der Waals surface area contributed by atoms with Crippen molar-refractivity contribution in [2.75, 3.05) is 0 Å². The zero-order valence-electron chi connectivity index (χ0n) is 16.2. The number of hydrogen-bond acceptors (Lipinski definition) is 3. The predicted molar refractivity (Wildman–Crippen MR) is 122 cm³/mol. The van der Waals surface area contributed by atoms with E-state index in [9.17, 15) is 8.42 Å². The van der Waals surface area contributed by atoms with E-state index >= 15 is 0 Å². The minimum Gasteiger partial charge on any atom is -0.378 e. The van der Waals surface area contributed by atoms with Gasteiger partial charge in [-0.3, -0.25) is 0 Å². The summed E-state index contributed by atoms with van der Waals surface area (Å²) in [4.78, 5) is 0.137. The average molecular weight is 413 g/mol. The highest BCUT2D eigenvalue weighted by Gasteiger charge is 2.22. The van der Waals surface area contributed by atoms with Gasteiger partial charge in [-0.15, -0.1) is 0 Å². The van der Waals surface area contributed by atoms with Crippen molar-refractivity contribution in [3.63, 3.8) is 0 Å². The quantitative estimate of drug-likeness (QED) is 0.276. The molecule has 0 atom stereocenters. The molecule has 0 aromatic heterocycles. The van der Waals surface area contributed by atoms with Gasteiger partial charge < -0.3 is 4.18 Å². The molecular weight excluding hydrogens is 392 g/mol. The fraction of sp³-hybridized carbons (Fsp3) is 0. The molecule has 4 aromatic rings. The first-order valence-electron chi connectivity index (χ1n) is 9.54. The van der Waals surface area contributed by atoms with Gasteiger partial charge in [-0.1, -0.05) is 109 Å². The number of hydrogen-bond donors (Lipinski definition) is 0. The van der Waals surface area contributed by atoms with E-state index in [2.05, 4.69) is 0 Å². The lowest BCUT2D eigenvalue weighted by Crippen LogP contribution is -2.11. The molecule has 0 heterocycles. The minimum atomic E-state index is -4.03. The lowest BCUT2D eigenvalue weighted by molar-refractivity contribution is 0.486. The SMILES string of the molecule is O=S(=O)(Oc1ccccc1C=Cc1ccccc1)c1ccccc1-c1ccccc1. The first-order valence-corrected chi connectivity index (χ1v) is 11.0. The van der Waals surface area contributed by atoms with Crippen molar-refractivity contribution in [1.82, 2.24) is 0 Å². The molecule has 4 rings (SSSR count). The Labute approximate surface area is 177 Å². The summed E-state index contributed by atoms with van der Waals surface area (Å²) in [6.45, 7) is 0. The standard InChI is InChI=1S/C26H20O3S/c27-30(28,26-18-10-8-16-24(26)22-13-5-2-6-14-22)29-25-17-9-7-15-23(25)20-19-21-11-3-1-4-12-21/h1-20H. The van der Waals surface area contributed by atoms with E-state index < -0.39 is 10.1 Å². The Bertz CT molecular complexity index is 1260. The molecule has 3 nitrogen and oxygen atoms in total. The Balaban J connectivity index is 1.68. The smallest absolute Gasteiger partial charge is 0.339 e. The third-order valence-corrected chi connectivity index (χ3v) is 5.91. The third kappa shape index (κ3) is 4.50. The van der Waals surface area contributed by atoms with Crippen LogP contribution in [0.25, 0.3) is 23.3 Å². The van der Waals surface area contributed by atoms with Gasteiger partial charge in [0.25, 0.3) is 0 Å². The van der Waals surface area contributed by atoms with Gasteiger partial charge in [0.05, 0.1) is 0 Å². The summed E-state index contributed by atoms with van der Waals surface area (Å²) in [5.74, 6) is 0.285. The van der Waals surface area contributed by atoms with Gasteiger partial charge >= 0.3 is 10.1 Å². The molecule has 0 aliphatic heterocycles. The monoisotopic (exact) mass is 412 g/mol. The zero-order valence-corrected chi connectivity index (χ0v) is 17.0. The van der Waals surface area contributed by atoms with E-state index in [0.717, 1.165) is 11.1 Å². The predicted octanol–water partition coefficient (Wildman–Crippen LogP) is 6.29. The van der Waals surface area contributed by atoms with E-state index in [0.29, 0.717) is 11.1 Å². The van der Waals surface area contributed by atoms with E-state index in [-0.39, 0.29) is 10.6 Å². The second kappa shape index (κ2) is 8.80. The molecule has 0 aliphatic carbocycles. The first-order chi connectivity index (χ1) is 14.6. The van der Waals surface area contributed by atoms with Crippen molar-refractivity contribution < 1.29 is 12.6 Å². The Morgan fingerprint density at radius 2 is 1.20 bits per heavy atom. The van der Waals surface area contributed by atoms with Crippen LogP contribution in [0.15, 0.2) is 114 Å². The van der Waals surface area contributed by atoms with Crippen LogP contribution in [0.4, 0.5) is 0 Å². The van der Waals surface area contributed by atoms with Gasteiger partial charge in [-0.05, 0) is 23.3 Å². The summed E-state index contributed by atoms with van der Waals surface area (Å²) < 4.78 is 31.9. The van der Waals surface area contributed by atoms with Crippen LogP contribution in [-0.4, -0.2) is 8.42 Å². The van der Waals surface area contributed by atoms with Crippen molar-refractivity contribution in [1.29, 1.82) is 0 Å². The van der Waals surface area contributed by atoms with Crippen LogP contribution in [0.1, 0.15) is 11.1 Å². The van der Waals surface area contributed by atoms with Crippen LogP contribution in [-0.2, 0) is 10.1 Å². The van der Waals surface area contributed by atoms with Crippen LogP contribution in [0.5, 0.6) is 5.75 Å². The average Bonchev–Trinajstić information content (AvgIpc) is 2.79. The topological polar surface area (TPSA) is 43.4 Å². The number of rotatable bonds is 6. The zero-order chi connectivity index (χ0) is 20.8. The van der Waals surface area contributed by atoms with E-state index in [1.54, 1.807) is 30.3 Å². The summed E-state index contributed by atoms with van der Waals surface area (Å²) in [5, 5.41) is 0. The van der Waals surface area contributed by atoms with Gasteiger partial charge in [0.1, 0.15) is 10.6 Å². The van der Waals surface area contributed by atoms with Gasteiger partial charge in [0, 0.05) is 11.1 Å². The molecule has 0 amide bonds. The van der Waals surface area contributed by atoms with Crippen LogP contribution in [0.3, 0.4) is 0 Å². The van der Waals surface area contributed by atoms with Crippen molar-refractivity contribution in [3.05, 3.63) is 120 Å². The summed E-state index contributed by atoms with van der Waals surface area (Å²) in [7, 11) is -4.03. The Morgan fingerprint density at radius 1 is 0.600 bits per heavy atom. The molecule has 0 aliphatic rings. The highest BCUT2D eigenvalue weighted by molar-refractivity contribution is 7.87. The summed E-state index contributed by atoms with van der Waals surface area (Å²) >= 11 is 0. The molecule has 4 aromatic carbocycles. The van der Waals surface area contributed by atoms with Crippen LogP contribution >= 0.6 is 0 Å². The maximum Gasteiger partial charge on any atom is 0.339 e. The molecule has 0 bridgehead atoms. The molecule has 0 N–H and O–H groups in total. The number of para-hydroxylation sites is 1. The van der Waals surface area contributed by atoms with Gasteiger partial charge in [-0.25, -0.2) is 0 Å². The highest BCUT2D eigenvalue weighted by atomic mass is 32.2. The van der Waals surface area contributed by atoms with Crippen molar-refractivity contribution in [2.45, 2.75) is 4.90 Å². The molecule has 4 heteroatoms. The normalized spacial score (nSPS) is 11.5. The Kier molecular flexibility index (Phi) is 5.77. The minimum absolute atomic E-state index is 0.137. The summed E-state index contributed by atoms with van der Waals surface area (Å²) in [6, 6.07) is 33.2. The van der Waals surface area contributed by atoms with Crippen LogP contribution in [0.2, 0.25) is 0 Å².